The maximum absolute atomic E-state index is 5.26. The van der Waals surface area contributed by atoms with Gasteiger partial charge in [0.25, 0.3) is 0 Å². The van der Waals surface area contributed by atoms with Gasteiger partial charge in [0, 0.05) is 52.0 Å². The Morgan fingerprint density at radius 2 is 1.91 bits per heavy atom. The number of rotatable bonds is 7. The van der Waals surface area contributed by atoms with Crippen molar-refractivity contribution in [3.63, 3.8) is 0 Å². The number of ether oxygens (including phenoxy) is 1. The SMILES string of the molecule is CCNC(=NCCNc1ncnc2c1cnn2C)N1CCN(c2ccc(OC)cc2)CC1. The topological polar surface area (TPSA) is 95.7 Å². The van der Waals surface area contributed by atoms with Crippen LogP contribution in [0.1, 0.15) is 6.92 Å². The fourth-order valence-corrected chi connectivity index (χ4v) is 3.83. The summed E-state index contributed by atoms with van der Waals surface area (Å²) in [5.41, 5.74) is 2.04. The van der Waals surface area contributed by atoms with Gasteiger partial charge in [-0.05, 0) is 31.2 Å². The molecule has 3 aromatic rings. The maximum atomic E-state index is 5.26. The number of nitrogens with zero attached hydrogens (tertiary/aromatic N) is 7. The molecule has 1 aliphatic rings. The van der Waals surface area contributed by atoms with E-state index in [4.69, 9.17) is 9.73 Å². The molecular formula is C22H31N9O. The van der Waals surface area contributed by atoms with E-state index >= 15 is 0 Å². The fraction of sp³-hybridized carbons (Fsp3) is 0.455. The number of guanidine groups is 1. The number of methoxy groups -OCH3 is 1. The lowest BCUT2D eigenvalue weighted by Gasteiger charge is -2.37. The number of aliphatic imine (C=N–C) groups is 1. The number of fused-ring (bicyclic) bond motifs is 1. The van der Waals surface area contributed by atoms with Crippen molar-refractivity contribution in [1.29, 1.82) is 0 Å². The van der Waals surface area contributed by atoms with Crippen molar-refractivity contribution in [1.82, 2.24) is 30.0 Å². The Kier molecular flexibility index (Phi) is 6.88. The average Bonchev–Trinajstić information content (AvgIpc) is 3.23. The summed E-state index contributed by atoms with van der Waals surface area (Å²) >= 11 is 0. The van der Waals surface area contributed by atoms with Crippen molar-refractivity contribution in [2.24, 2.45) is 12.0 Å². The molecule has 1 fully saturated rings. The number of aryl methyl sites for hydroxylation is 1. The molecule has 1 saturated heterocycles. The summed E-state index contributed by atoms with van der Waals surface area (Å²) in [5, 5.41) is 12.0. The second kappa shape index (κ2) is 10.2. The van der Waals surface area contributed by atoms with E-state index in [1.54, 1.807) is 24.3 Å². The van der Waals surface area contributed by atoms with Crippen LogP contribution in [0, 0.1) is 0 Å². The summed E-state index contributed by atoms with van der Waals surface area (Å²) in [5.74, 6) is 2.63. The van der Waals surface area contributed by atoms with Gasteiger partial charge in [-0.3, -0.25) is 9.67 Å². The maximum Gasteiger partial charge on any atom is 0.194 e. The summed E-state index contributed by atoms with van der Waals surface area (Å²) in [4.78, 5) is 18.2. The van der Waals surface area contributed by atoms with Gasteiger partial charge < -0.3 is 25.2 Å². The summed E-state index contributed by atoms with van der Waals surface area (Å²) in [6, 6.07) is 8.26. The van der Waals surface area contributed by atoms with Crippen molar-refractivity contribution in [2.75, 3.05) is 63.1 Å². The number of aromatic nitrogens is 4. The van der Waals surface area contributed by atoms with E-state index in [-0.39, 0.29) is 0 Å². The van der Waals surface area contributed by atoms with E-state index in [0.29, 0.717) is 13.1 Å². The molecule has 0 unspecified atom stereocenters. The van der Waals surface area contributed by atoms with Crippen molar-refractivity contribution < 1.29 is 4.74 Å². The zero-order valence-electron chi connectivity index (χ0n) is 19.0. The normalized spacial score (nSPS) is 14.7. The molecule has 10 nitrogen and oxygen atoms in total. The van der Waals surface area contributed by atoms with Crippen LogP contribution in [0.15, 0.2) is 41.8 Å². The predicted octanol–water partition coefficient (Wildman–Crippen LogP) is 1.57. The summed E-state index contributed by atoms with van der Waals surface area (Å²) in [7, 11) is 3.57. The smallest absolute Gasteiger partial charge is 0.194 e. The van der Waals surface area contributed by atoms with Gasteiger partial charge in [-0.25, -0.2) is 9.97 Å². The van der Waals surface area contributed by atoms with E-state index in [2.05, 4.69) is 54.6 Å². The minimum atomic E-state index is 0.646. The quantitative estimate of drug-likeness (QED) is 0.327. The zero-order valence-corrected chi connectivity index (χ0v) is 19.0. The molecule has 0 amide bonds. The van der Waals surface area contributed by atoms with Crippen molar-refractivity contribution in [3.8, 4) is 5.75 Å². The van der Waals surface area contributed by atoms with Crippen LogP contribution in [0.5, 0.6) is 5.75 Å². The second-order valence-corrected chi connectivity index (χ2v) is 7.56. The first-order valence-electron chi connectivity index (χ1n) is 11.0. The monoisotopic (exact) mass is 437 g/mol. The number of nitrogens with one attached hydrogen (secondary N) is 2. The number of hydrogen-bond acceptors (Lipinski definition) is 7. The molecule has 0 radical (unpaired) electrons. The van der Waals surface area contributed by atoms with Crippen LogP contribution in [-0.4, -0.2) is 83.5 Å². The minimum absolute atomic E-state index is 0.646. The number of benzene rings is 1. The van der Waals surface area contributed by atoms with Gasteiger partial charge in [0.05, 0.1) is 25.2 Å². The largest absolute Gasteiger partial charge is 0.497 e. The van der Waals surface area contributed by atoms with Crippen LogP contribution in [0.4, 0.5) is 11.5 Å². The first-order chi connectivity index (χ1) is 15.7. The Bertz CT molecular complexity index is 1040. The lowest BCUT2D eigenvalue weighted by molar-refractivity contribution is 0.372. The molecule has 1 aliphatic heterocycles. The highest BCUT2D eigenvalue weighted by Crippen LogP contribution is 2.20. The Morgan fingerprint density at radius 1 is 1.12 bits per heavy atom. The third-order valence-electron chi connectivity index (χ3n) is 5.55. The third kappa shape index (κ3) is 4.84. The second-order valence-electron chi connectivity index (χ2n) is 7.56. The van der Waals surface area contributed by atoms with Gasteiger partial charge in [0.15, 0.2) is 11.6 Å². The summed E-state index contributed by atoms with van der Waals surface area (Å²) < 4.78 is 7.01. The van der Waals surface area contributed by atoms with Gasteiger partial charge >= 0.3 is 0 Å². The molecule has 0 saturated carbocycles. The van der Waals surface area contributed by atoms with E-state index in [0.717, 1.165) is 61.3 Å². The summed E-state index contributed by atoms with van der Waals surface area (Å²) in [6.07, 6.45) is 3.34. The van der Waals surface area contributed by atoms with Crippen LogP contribution < -0.4 is 20.3 Å². The van der Waals surface area contributed by atoms with Crippen LogP contribution in [-0.2, 0) is 7.05 Å². The number of hydrogen-bond donors (Lipinski definition) is 2. The molecular weight excluding hydrogens is 406 g/mol. The standard InChI is InChI=1S/C22H31N9O/c1-4-23-22(25-10-9-24-20-19-15-28-29(2)21(19)27-16-26-20)31-13-11-30(12-14-31)17-5-7-18(32-3)8-6-17/h5-8,15-16H,4,9-14H2,1-3H3,(H,23,25)(H,24,26,27). The zero-order chi connectivity index (χ0) is 22.3. The molecule has 0 spiro atoms. The lowest BCUT2D eigenvalue weighted by Crippen LogP contribution is -2.52. The Hall–Kier alpha value is -3.56. The van der Waals surface area contributed by atoms with Crippen LogP contribution >= 0.6 is 0 Å². The molecule has 2 aromatic heterocycles. The van der Waals surface area contributed by atoms with E-state index in [9.17, 15) is 0 Å². The highest BCUT2D eigenvalue weighted by Gasteiger charge is 2.19. The van der Waals surface area contributed by atoms with Crippen LogP contribution in [0.25, 0.3) is 11.0 Å². The highest BCUT2D eigenvalue weighted by atomic mass is 16.5. The first kappa shape index (κ1) is 21.7. The Balaban J connectivity index is 1.32. The van der Waals surface area contributed by atoms with Crippen molar-refractivity contribution >= 4 is 28.5 Å². The van der Waals surface area contributed by atoms with Gasteiger partial charge in [-0.1, -0.05) is 0 Å². The van der Waals surface area contributed by atoms with Crippen LogP contribution in [0.2, 0.25) is 0 Å². The molecule has 32 heavy (non-hydrogen) atoms. The van der Waals surface area contributed by atoms with Crippen molar-refractivity contribution in [3.05, 3.63) is 36.8 Å². The molecule has 2 N–H and O–H groups in total. The molecule has 0 atom stereocenters. The average molecular weight is 438 g/mol. The minimum Gasteiger partial charge on any atom is -0.497 e. The molecule has 170 valence electrons. The lowest BCUT2D eigenvalue weighted by atomic mass is 10.2. The first-order valence-corrected chi connectivity index (χ1v) is 11.0. The Labute approximate surface area is 188 Å². The molecule has 10 heteroatoms. The Morgan fingerprint density at radius 3 is 2.62 bits per heavy atom. The molecule has 0 aliphatic carbocycles. The predicted molar refractivity (Wildman–Crippen MR) is 128 cm³/mol. The molecule has 1 aromatic carbocycles. The van der Waals surface area contributed by atoms with Gasteiger partial charge in [-0.2, -0.15) is 5.10 Å². The molecule has 4 rings (SSSR count). The third-order valence-corrected chi connectivity index (χ3v) is 5.55. The van der Waals surface area contributed by atoms with Crippen molar-refractivity contribution in [2.45, 2.75) is 6.92 Å². The fourth-order valence-electron chi connectivity index (χ4n) is 3.83. The number of anilines is 2. The number of piperazine rings is 1. The highest BCUT2D eigenvalue weighted by molar-refractivity contribution is 5.86. The molecule has 0 bridgehead atoms. The van der Waals surface area contributed by atoms with Crippen LogP contribution in [0.3, 0.4) is 0 Å². The van der Waals surface area contributed by atoms with E-state index in [1.807, 2.05) is 19.2 Å². The summed E-state index contributed by atoms with van der Waals surface area (Å²) in [6.45, 7) is 8.02. The van der Waals surface area contributed by atoms with Gasteiger partial charge in [-0.15, -0.1) is 0 Å². The van der Waals surface area contributed by atoms with Gasteiger partial charge in [0.1, 0.15) is 17.9 Å². The van der Waals surface area contributed by atoms with Gasteiger partial charge in [0.2, 0.25) is 0 Å². The van der Waals surface area contributed by atoms with E-state index in [1.165, 1.54) is 5.69 Å². The van der Waals surface area contributed by atoms with E-state index < -0.39 is 0 Å². The molecule has 3 heterocycles.